The molecule has 2 rings (SSSR count). The highest BCUT2D eigenvalue weighted by molar-refractivity contribution is 5.82. The molecular formula is C15H19N. The summed E-state index contributed by atoms with van der Waals surface area (Å²) in [5.41, 5.74) is 1.72. The Labute approximate surface area is 97.5 Å². The maximum Gasteiger partial charge on any atom is 0.0346 e. The first-order valence-corrected chi connectivity index (χ1v) is 6.04. The van der Waals surface area contributed by atoms with Crippen LogP contribution in [0.5, 0.6) is 0 Å². The summed E-state index contributed by atoms with van der Waals surface area (Å²) in [5.74, 6) is 0. The van der Waals surface area contributed by atoms with Crippen molar-refractivity contribution in [3.63, 3.8) is 0 Å². The molecule has 1 heteroatoms. The molecule has 0 fully saturated rings. The normalized spacial score (nSPS) is 11.9. The van der Waals surface area contributed by atoms with E-state index in [1.807, 2.05) is 12.4 Å². The minimum absolute atomic E-state index is 0.296. The largest absolute Gasteiger partial charge is 0.264 e. The van der Waals surface area contributed by atoms with Crippen LogP contribution < -0.4 is 0 Å². The molecule has 0 unspecified atom stereocenters. The lowest BCUT2D eigenvalue weighted by atomic mass is 9.77. The van der Waals surface area contributed by atoms with Crippen LogP contribution in [0.25, 0.3) is 10.8 Å². The van der Waals surface area contributed by atoms with Gasteiger partial charge in [0.1, 0.15) is 0 Å². The number of pyridine rings is 1. The Hall–Kier alpha value is -1.37. The standard InChI is InChI=1S/C15H19N/c1-4-15(3,5-2)14-7-6-12-8-9-16-11-13(12)10-14/h6-11H,4-5H2,1-3H3. The number of rotatable bonds is 3. The van der Waals surface area contributed by atoms with Crippen molar-refractivity contribution in [1.29, 1.82) is 0 Å². The average molecular weight is 213 g/mol. The molecule has 1 nitrogen and oxygen atoms in total. The van der Waals surface area contributed by atoms with Crippen LogP contribution in [0.3, 0.4) is 0 Å². The minimum atomic E-state index is 0.296. The molecule has 16 heavy (non-hydrogen) atoms. The van der Waals surface area contributed by atoms with Gasteiger partial charge in [0.25, 0.3) is 0 Å². The van der Waals surface area contributed by atoms with Gasteiger partial charge in [-0.2, -0.15) is 0 Å². The van der Waals surface area contributed by atoms with E-state index in [4.69, 9.17) is 0 Å². The zero-order valence-corrected chi connectivity index (χ0v) is 10.3. The molecule has 0 amide bonds. The van der Waals surface area contributed by atoms with E-state index in [1.54, 1.807) is 0 Å². The summed E-state index contributed by atoms with van der Waals surface area (Å²) in [6.45, 7) is 6.86. The fourth-order valence-corrected chi connectivity index (χ4v) is 2.12. The molecule has 0 aliphatic rings. The molecule has 0 N–H and O–H groups in total. The second kappa shape index (κ2) is 4.25. The maximum atomic E-state index is 4.19. The predicted molar refractivity (Wildman–Crippen MR) is 69.7 cm³/mol. The van der Waals surface area contributed by atoms with Crippen LogP contribution >= 0.6 is 0 Å². The van der Waals surface area contributed by atoms with Crippen molar-refractivity contribution in [2.45, 2.75) is 39.0 Å². The van der Waals surface area contributed by atoms with E-state index in [0.717, 1.165) is 0 Å². The molecule has 0 atom stereocenters. The first-order valence-electron chi connectivity index (χ1n) is 6.04. The molecule has 84 valence electrons. The highest BCUT2D eigenvalue weighted by atomic mass is 14.6. The van der Waals surface area contributed by atoms with Crippen molar-refractivity contribution in [1.82, 2.24) is 4.98 Å². The van der Waals surface area contributed by atoms with Crippen molar-refractivity contribution in [2.24, 2.45) is 0 Å². The molecule has 0 radical (unpaired) electrons. The van der Waals surface area contributed by atoms with E-state index in [0.29, 0.717) is 5.41 Å². The van der Waals surface area contributed by atoms with Gasteiger partial charge >= 0.3 is 0 Å². The third-order valence-corrected chi connectivity index (χ3v) is 3.90. The van der Waals surface area contributed by atoms with Gasteiger partial charge in [-0.15, -0.1) is 0 Å². The Kier molecular flexibility index (Phi) is 2.95. The van der Waals surface area contributed by atoms with Crippen LogP contribution in [-0.4, -0.2) is 4.98 Å². The highest BCUT2D eigenvalue weighted by Gasteiger charge is 2.21. The quantitative estimate of drug-likeness (QED) is 0.740. The van der Waals surface area contributed by atoms with Gasteiger partial charge in [-0.05, 0) is 41.3 Å². The molecule has 0 bridgehead atoms. The SMILES string of the molecule is CCC(C)(CC)c1ccc2ccncc2c1. The summed E-state index contributed by atoms with van der Waals surface area (Å²) in [4.78, 5) is 4.19. The van der Waals surface area contributed by atoms with Crippen LogP contribution in [0.15, 0.2) is 36.7 Å². The number of hydrogen-bond acceptors (Lipinski definition) is 1. The van der Waals surface area contributed by atoms with E-state index < -0.39 is 0 Å². The molecule has 0 aliphatic heterocycles. The molecule has 0 spiro atoms. The van der Waals surface area contributed by atoms with Crippen LogP contribution in [0.4, 0.5) is 0 Å². The molecule has 0 saturated carbocycles. The first-order chi connectivity index (χ1) is 7.69. The van der Waals surface area contributed by atoms with Crippen molar-refractivity contribution in [3.8, 4) is 0 Å². The highest BCUT2D eigenvalue weighted by Crippen LogP contribution is 2.32. The monoisotopic (exact) mass is 213 g/mol. The lowest BCUT2D eigenvalue weighted by molar-refractivity contribution is 0.439. The summed E-state index contributed by atoms with van der Waals surface area (Å²) in [5, 5.41) is 2.52. The first kappa shape index (κ1) is 11.1. The fraction of sp³-hybridized carbons (Fsp3) is 0.400. The van der Waals surface area contributed by atoms with Crippen LogP contribution in [0.2, 0.25) is 0 Å². The maximum absolute atomic E-state index is 4.19. The van der Waals surface area contributed by atoms with E-state index in [2.05, 4.69) is 50.0 Å². The van der Waals surface area contributed by atoms with E-state index in [1.165, 1.54) is 29.2 Å². The summed E-state index contributed by atoms with van der Waals surface area (Å²) in [6, 6.07) is 8.81. The van der Waals surface area contributed by atoms with Gasteiger partial charge in [0.05, 0.1) is 0 Å². The minimum Gasteiger partial charge on any atom is -0.264 e. The van der Waals surface area contributed by atoms with E-state index in [9.17, 15) is 0 Å². The molecule has 1 aromatic heterocycles. The lowest BCUT2D eigenvalue weighted by Crippen LogP contribution is -2.19. The lowest BCUT2D eigenvalue weighted by Gasteiger charge is -2.27. The molecule has 0 aliphatic carbocycles. The van der Waals surface area contributed by atoms with Crippen LogP contribution in [-0.2, 0) is 5.41 Å². The van der Waals surface area contributed by atoms with Crippen molar-refractivity contribution in [3.05, 3.63) is 42.2 Å². The number of fused-ring (bicyclic) bond motifs is 1. The van der Waals surface area contributed by atoms with E-state index >= 15 is 0 Å². The second-order valence-corrected chi connectivity index (χ2v) is 4.71. The summed E-state index contributed by atoms with van der Waals surface area (Å²) < 4.78 is 0. The number of aromatic nitrogens is 1. The third kappa shape index (κ3) is 1.82. The Morgan fingerprint density at radius 1 is 1.06 bits per heavy atom. The smallest absolute Gasteiger partial charge is 0.0346 e. The van der Waals surface area contributed by atoms with Gasteiger partial charge in [-0.3, -0.25) is 4.98 Å². The molecule has 1 heterocycles. The van der Waals surface area contributed by atoms with Gasteiger partial charge in [-0.1, -0.05) is 32.9 Å². The topological polar surface area (TPSA) is 12.9 Å². The van der Waals surface area contributed by atoms with Gasteiger partial charge in [0, 0.05) is 17.8 Å². The van der Waals surface area contributed by atoms with Crippen molar-refractivity contribution >= 4 is 10.8 Å². The van der Waals surface area contributed by atoms with Crippen molar-refractivity contribution < 1.29 is 0 Å². The fourth-order valence-electron chi connectivity index (χ4n) is 2.12. The summed E-state index contributed by atoms with van der Waals surface area (Å²) in [7, 11) is 0. The predicted octanol–water partition coefficient (Wildman–Crippen LogP) is 4.31. The Balaban J connectivity index is 2.54. The second-order valence-electron chi connectivity index (χ2n) is 4.71. The molecular weight excluding hydrogens is 194 g/mol. The van der Waals surface area contributed by atoms with Gasteiger partial charge in [0.2, 0.25) is 0 Å². The molecule has 2 aromatic rings. The Morgan fingerprint density at radius 2 is 1.81 bits per heavy atom. The van der Waals surface area contributed by atoms with Crippen LogP contribution in [0.1, 0.15) is 39.2 Å². The zero-order chi connectivity index (χ0) is 11.6. The van der Waals surface area contributed by atoms with Gasteiger partial charge in [0.15, 0.2) is 0 Å². The van der Waals surface area contributed by atoms with Gasteiger partial charge < -0.3 is 0 Å². The zero-order valence-electron chi connectivity index (χ0n) is 10.3. The Bertz CT molecular complexity index is 484. The average Bonchev–Trinajstić information content (AvgIpc) is 2.37. The molecule has 1 aromatic carbocycles. The third-order valence-electron chi connectivity index (χ3n) is 3.90. The number of benzene rings is 1. The van der Waals surface area contributed by atoms with Gasteiger partial charge in [-0.25, -0.2) is 0 Å². The molecule has 0 saturated heterocycles. The van der Waals surface area contributed by atoms with E-state index in [-0.39, 0.29) is 0 Å². The van der Waals surface area contributed by atoms with Crippen LogP contribution in [0, 0.1) is 0 Å². The van der Waals surface area contributed by atoms with Crippen molar-refractivity contribution in [2.75, 3.05) is 0 Å². The summed E-state index contributed by atoms with van der Waals surface area (Å²) >= 11 is 0. The number of nitrogens with zero attached hydrogens (tertiary/aromatic N) is 1. The number of hydrogen-bond donors (Lipinski definition) is 0. The summed E-state index contributed by atoms with van der Waals surface area (Å²) in [6.07, 6.45) is 6.15. The Morgan fingerprint density at radius 3 is 2.50 bits per heavy atom.